The molecule has 1 saturated carbocycles. The molecule has 5 heteroatoms. The van der Waals surface area contributed by atoms with Gasteiger partial charge < -0.3 is 15.8 Å². The first-order valence-corrected chi connectivity index (χ1v) is 6.18. The summed E-state index contributed by atoms with van der Waals surface area (Å²) < 4.78 is 5.78. The maximum atomic E-state index is 6.18. The Hall–Kier alpha value is -1.20. The molecule has 17 heavy (non-hydrogen) atoms. The Morgan fingerprint density at radius 3 is 3.06 bits per heavy atom. The van der Waals surface area contributed by atoms with E-state index in [0.29, 0.717) is 5.92 Å². The number of aryl methyl sites for hydroxylation is 1. The van der Waals surface area contributed by atoms with Gasteiger partial charge in [0.15, 0.2) is 0 Å². The van der Waals surface area contributed by atoms with E-state index in [4.69, 9.17) is 10.5 Å². The third-order valence-corrected chi connectivity index (χ3v) is 3.86. The minimum absolute atomic E-state index is 0.168. The Labute approximate surface area is 101 Å². The van der Waals surface area contributed by atoms with E-state index >= 15 is 0 Å². The predicted octanol–water partition coefficient (Wildman–Crippen LogP) is 0.702. The summed E-state index contributed by atoms with van der Waals surface area (Å²) in [5.41, 5.74) is 7.09. The van der Waals surface area contributed by atoms with Gasteiger partial charge >= 0.3 is 0 Å². The van der Waals surface area contributed by atoms with Crippen LogP contribution in [0.25, 0.3) is 0 Å². The van der Waals surface area contributed by atoms with Crippen LogP contribution in [0.1, 0.15) is 18.5 Å². The normalized spacial score (nSPS) is 35.9. The number of nitrogens with two attached hydrogens (primary N) is 1. The molecule has 1 saturated heterocycles. The van der Waals surface area contributed by atoms with Crippen LogP contribution in [0.5, 0.6) is 0 Å². The zero-order chi connectivity index (χ0) is 11.8. The van der Waals surface area contributed by atoms with Gasteiger partial charge in [-0.1, -0.05) is 0 Å². The summed E-state index contributed by atoms with van der Waals surface area (Å²) >= 11 is 0. The monoisotopic (exact) mass is 234 g/mol. The average Bonchev–Trinajstić information content (AvgIpc) is 2.37. The third kappa shape index (κ3) is 1.79. The van der Waals surface area contributed by atoms with Crippen LogP contribution in [-0.4, -0.2) is 34.8 Å². The van der Waals surface area contributed by atoms with Crippen molar-refractivity contribution in [2.24, 2.45) is 11.7 Å². The van der Waals surface area contributed by atoms with Crippen LogP contribution in [-0.2, 0) is 4.74 Å². The summed E-state index contributed by atoms with van der Waals surface area (Å²) in [6.45, 7) is 2.80. The molecular weight excluding hydrogens is 216 g/mol. The van der Waals surface area contributed by atoms with Crippen LogP contribution >= 0.6 is 0 Å². The van der Waals surface area contributed by atoms with Crippen LogP contribution in [0.3, 0.4) is 0 Å². The molecule has 5 nitrogen and oxygen atoms in total. The third-order valence-electron chi connectivity index (χ3n) is 3.86. The van der Waals surface area contributed by atoms with Gasteiger partial charge in [-0.25, -0.2) is 4.98 Å². The first-order valence-electron chi connectivity index (χ1n) is 6.18. The lowest BCUT2D eigenvalue weighted by Crippen LogP contribution is -2.69. The fourth-order valence-corrected chi connectivity index (χ4v) is 2.83. The van der Waals surface area contributed by atoms with Crippen molar-refractivity contribution in [3.8, 4) is 0 Å². The van der Waals surface area contributed by atoms with Crippen LogP contribution < -0.4 is 11.1 Å². The van der Waals surface area contributed by atoms with Crippen molar-refractivity contribution in [2.75, 3.05) is 11.9 Å². The van der Waals surface area contributed by atoms with E-state index in [2.05, 4.69) is 15.3 Å². The highest BCUT2D eigenvalue weighted by Gasteiger charge is 2.50. The summed E-state index contributed by atoms with van der Waals surface area (Å²) in [7, 11) is 0. The van der Waals surface area contributed by atoms with Crippen molar-refractivity contribution in [1.82, 2.24) is 9.97 Å². The van der Waals surface area contributed by atoms with Crippen molar-refractivity contribution >= 4 is 5.82 Å². The molecule has 1 aromatic heterocycles. The van der Waals surface area contributed by atoms with Gasteiger partial charge in [-0.15, -0.1) is 0 Å². The van der Waals surface area contributed by atoms with E-state index in [9.17, 15) is 0 Å². The highest BCUT2D eigenvalue weighted by molar-refractivity contribution is 5.42. The van der Waals surface area contributed by atoms with E-state index in [-0.39, 0.29) is 18.2 Å². The Kier molecular flexibility index (Phi) is 2.72. The Morgan fingerprint density at radius 2 is 2.24 bits per heavy atom. The molecular formula is C12H18N4O. The van der Waals surface area contributed by atoms with Gasteiger partial charge in [-0.3, -0.25) is 4.98 Å². The number of hydrogen-bond acceptors (Lipinski definition) is 5. The maximum Gasteiger partial charge on any atom is 0.147 e. The molecule has 3 rings (SSSR count). The van der Waals surface area contributed by atoms with E-state index in [0.717, 1.165) is 24.5 Å². The largest absolute Gasteiger partial charge is 0.376 e. The number of rotatable bonds is 2. The van der Waals surface area contributed by atoms with E-state index in [1.54, 1.807) is 12.4 Å². The second-order valence-electron chi connectivity index (χ2n) is 4.88. The Balaban J connectivity index is 1.72. The SMILES string of the molecule is Cc1nccnc1NC1C(N)C2CCCOC21. The topological polar surface area (TPSA) is 73.1 Å². The molecule has 4 unspecified atom stereocenters. The Morgan fingerprint density at radius 1 is 1.41 bits per heavy atom. The predicted molar refractivity (Wildman–Crippen MR) is 64.6 cm³/mol. The number of ether oxygens (including phenoxy) is 1. The molecule has 3 N–H and O–H groups in total. The molecule has 92 valence electrons. The lowest BCUT2D eigenvalue weighted by Gasteiger charge is -2.52. The van der Waals surface area contributed by atoms with Crippen molar-refractivity contribution in [1.29, 1.82) is 0 Å². The number of aromatic nitrogens is 2. The number of nitrogens with zero attached hydrogens (tertiary/aromatic N) is 2. The molecule has 2 fully saturated rings. The summed E-state index contributed by atoms with van der Waals surface area (Å²) in [6, 6.07) is 0.345. The second-order valence-corrected chi connectivity index (χ2v) is 4.88. The van der Waals surface area contributed by atoms with Crippen molar-refractivity contribution in [2.45, 2.75) is 38.0 Å². The molecule has 4 atom stereocenters. The van der Waals surface area contributed by atoms with Gasteiger partial charge in [-0.2, -0.15) is 0 Å². The van der Waals surface area contributed by atoms with Crippen LogP contribution in [0.15, 0.2) is 12.4 Å². The quantitative estimate of drug-likeness (QED) is 0.788. The fraction of sp³-hybridized carbons (Fsp3) is 0.667. The Bertz CT molecular complexity index is 411. The molecule has 2 heterocycles. The van der Waals surface area contributed by atoms with Crippen LogP contribution in [0.4, 0.5) is 5.82 Å². The molecule has 2 aliphatic rings. The lowest BCUT2D eigenvalue weighted by atomic mass is 9.68. The van der Waals surface area contributed by atoms with Crippen molar-refractivity contribution in [3.63, 3.8) is 0 Å². The van der Waals surface area contributed by atoms with E-state index in [1.165, 1.54) is 6.42 Å². The molecule has 0 aromatic carbocycles. The van der Waals surface area contributed by atoms with Gasteiger partial charge in [0, 0.05) is 31.0 Å². The molecule has 1 aliphatic carbocycles. The summed E-state index contributed by atoms with van der Waals surface area (Å²) in [5.74, 6) is 1.33. The fourth-order valence-electron chi connectivity index (χ4n) is 2.83. The first kappa shape index (κ1) is 10.9. The first-order chi connectivity index (χ1) is 8.27. The van der Waals surface area contributed by atoms with Crippen LogP contribution in [0.2, 0.25) is 0 Å². The molecule has 0 spiro atoms. The lowest BCUT2D eigenvalue weighted by molar-refractivity contribution is -0.104. The highest BCUT2D eigenvalue weighted by atomic mass is 16.5. The van der Waals surface area contributed by atoms with Crippen molar-refractivity contribution in [3.05, 3.63) is 18.1 Å². The van der Waals surface area contributed by atoms with E-state index in [1.807, 2.05) is 6.92 Å². The zero-order valence-corrected chi connectivity index (χ0v) is 9.97. The van der Waals surface area contributed by atoms with Crippen molar-refractivity contribution < 1.29 is 4.74 Å². The molecule has 0 amide bonds. The van der Waals surface area contributed by atoms with Crippen LogP contribution in [0, 0.1) is 12.8 Å². The summed E-state index contributed by atoms with van der Waals surface area (Å²) in [6.07, 6.45) is 5.95. The molecule has 1 aliphatic heterocycles. The number of fused-ring (bicyclic) bond motifs is 1. The van der Waals surface area contributed by atoms with Gasteiger partial charge in [-0.05, 0) is 19.8 Å². The van der Waals surface area contributed by atoms with Gasteiger partial charge in [0.1, 0.15) is 5.82 Å². The van der Waals surface area contributed by atoms with Gasteiger partial charge in [0.2, 0.25) is 0 Å². The highest BCUT2D eigenvalue weighted by Crippen LogP contribution is 2.38. The molecule has 1 aromatic rings. The minimum atomic E-state index is 0.168. The number of anilines is 1. The van der Waals surface area contributed by atoms with E-state index < -0.39 is 0 Å². The maximum absolute atomic E-state index is 6.18. The molecule has 0 bridgehead atoms. The molecule has 0 radical (unpaired) electrons. The second kappa shape index (κ2) is 4.23. The number of nitrogens with one attached hydrogen (secondary N) is 1. The smallest absolute Gasteiger partial charge is 0.147 e. The summed E-state index contributed by atoms with van der Waals surface area (Å²) in [4.78, 5) is 8.50. The van der Waals surface area contributed by atoms with Gasteiger partial charge in [0.25, 0.3) is 0 Å². The number of hydrogen-bond donors (Lipinski definition) is 2. The standard InChI is InChI=1S/C12H18N4O/c1-7-12(15-5-4-14-7)16-10-9(13)8-3-2-6-17-11(8)10/h4-5,8-11H,2-3,6,13H2,1H3,(H,15,16). The zero-order valence-electron chi connectivity index (χ0n) is 9.97. The van der Waals surface area contributed by atoms with Gasteiger partial charge in [0.05, 0.1) is 17.8 Å². The average molecular weight is 234 g/mol. The minimum Gasteiger partial charge on any atom is -0.376 e. The summed E-state index contributed by atoms with van der Waals surface area (Å²) in [5, 5.41) is 3.37.